The van der Waals surface area contributed by atoms with E-state index < -0.39 is 0 Å². The van der Waals surface area contributed by atoms with Crippen LogP contribution in [0, 0.1) is 5.92 Å². The number of nitrogens with one attached hydrogen (secondary N) is 1. The molecule has 0 spiro atoms. The molecule has 148 valence electrons. The zero-order valence-electron chi connectivity index (χ0n) is 16.6. The van der Waals surface area contributed by atoms with Gasteiger partial charge in [0.05, 0.1) is 19.1 Å². The lowest BCUT2D eigenvalue weighted by molar-refractivity contribution is -0.149. The molecule has 7 heteroatoms. The Bertz CT molecular complexity index is 403. The summed E-state index contributed by atoms with van der Waals surface area (Å²) in [6.45, 7) is 16.3. The fourth-order valence-electron chi connectivity index (χ4n) is 3.23. The summed E-state index contributed by atoms with van der Waals surface area (Å²) in [4.78, 5) is 21.5. The maximum atomic E-state index is 12.0. The molecule has 1 saturated heterocycles. The highest BCUT2D eigenvalue weighted by molar-refractivity contribution is 14.0. The molecule has 6 nitrogen and oxygen atoms in total. The summed E-state index contributed by atoms with van der Waals surface area (Å²) in [7, 11) is 0. The maximum absolute atomic E-state index is 12.0. The van der Waals surface area contributed by atoms with Crippen LogP contribution in [0.2, 0.25) is 0 Å². The van der Waals surface area contributed by atoms with Gasteiger partial charge in [0.1, 0.15) is 0 Å². The highest BCUT2D eigenvalue weighted by Gasteiger charge is 2.28. The zero-order valence-corrected chi connectivity index (χ0v) is 18.9. The van der Waals surface area contributed by atoms with Crippen molar-refractivity contribution in [3.8, 4) is 0 Å². The molecular weight excluding hydrogens is 431 g/mol. The van der Waals surface area contributed by atoms with E-state index in [2.05, 4.69) is 42.8 Å². The molecule has 1 aliphatic heterocycles. The molecule has 1 aliphatic rings. The van der Waals surface area contributed by atoms with E-state index in [1.165, 1.54) is 0 Å². The van der Waals surface area contributed by atoms with E-state index in [1.54, 1.807) is 0 Å². The van der Waals surface area contributed by atoms with Crippen LogP contribution in [0.15, 0.2) is 4.99 Å². The molecule has 1 rings (SSSR count). The largest absolute Gasteiger partial charge is 0.466 e. The molecule has 0 aromatic heterocycles. The quantitative estimate of drug-likeness (QED) is 0.257. The van der Waals surface area contributed by atoms with Crippen molar-refractivity contribution in [3.63, 3.8) is 0 Å². The lowest BCUT2D eigenvalue weighted by Gasteiger charge is -2.34. The van der Waals surface area contributed by atoms with E-state index in [0.29, 0.717) is 19.2 Å². The van der Waals surface area contributed by atoms with Gasteiger partial charge in [0.2, 0.25) is 0 Å². The third-order valence-corrected chi connectivity index (χ3v) is 4.62. The predicted molar refractivity (Wildman–Crippen MR) is 115 cm³/mol. The lowest BCUT2D eigenvalue weighted by Crippen LogP contribution is -2.48. The number of nitrogens with zero attached hydrogens (tertiary/aromatic N) is 3. The summed E-state index contributed by atoms with van der Waals surface area (Å²) in [5.41, 5.74) is 0. The lowest BCUT2D eigenvalue weighted by atomic mass is 9.98. The summed E-state index contributed by atoms with van der Waals surface area (Å²) >= 11 is 0. The minimum absolute atomic E-state index is 0. The van der Waals surface area contributed by atoms with Crippen molar-refractivity contribution in [2.45, 2.75) is 53.5 Å². The molecule has 2 atom stereocenters. The number of aliphatic imine (C=N–C) groups is 1. The van der Waals surface area contributed by atoms with Crippen LogP contribution in [-0.2, 0) is 9.53 Å². The fraction of sp³-hybridized carbons (Fsp3) is 0.889. The molecule has 0 amide bonds. The number of likely N-dealkylation sites (N-methyl/N-ethyl adjacent to an activating group) is 1. The van der Waals surface area contributed by atoms with Gasteiger partial charge in [0, 0.05) is 25.7 Å². The number of hydrogen-bond acceptors (Lipinski definition) is 4. The van der Waals surface area contributed by atoms with Gasteiger partial charge in [0.25, 0.3) is 0 Å². The Labute approximate surface area is 170 Å². The van der Waals surface area contributed by atoms with Crippen LogP contribution in [-0.4, -0.2) is 73.6 Å². The van der Waals surface area contributed by atoms with Crippen molar-refractivity contribution in [2.24, 2.45) is 10.9 Å². The van der Waals surface area contributed by atoms with E-state index in [9.17, 15) is 4.79 Å². The monoisotopic (exact) mass is 468 g/mol. The first-order valence-corrected chi connectivity index (χ1v) is 9.51. The van der Waals surface area contributed by atoms with Gasteiger partial charge in [-0.1, -0.05) is 13.8 Å². The van der Waals surface area contributed by atoms with Crippen molar-refractivity contribution in [1.29, 1.82) is 0 Å². The van der Waals surface area contributed by atoms with E-state index in [0.717, 1.165) is 51.5 Å². The first-order chi connectivity index (χ1) is 11.6. The normalized spacial score (nSPS) is 19.4. The highest BCUT2D eigenvalue weighted by Crippen LogP contribution is 2.18. The molecule has 0 aromatic rings. The van der Waals surface area contributed by atoms with E-state index in [-0.39, 0.29) is 35.9 Å². The van der Waals surface area contributed by atoms with Gasteiger partial charge in [-0.25, -0.2) is 0 Å². The molecule has 25 heavy (non-hydrogen) atoms. The molecule has 1 N–H and O–H groups in total. The molecule has 0 aromatic carbocycles. The van der Waals surface area contributed by atoms with Crippen LogP contribution >= 0.6 is 24.0 Å². The number of carbonyl (C=O) groups is 1. The van der Waals surface area contributed by atoms with Crippen molar-refractivity contribution in [1.82, 2.24) is 15.1 Å². The van der Waals surface area contributed by atoms with Gasteiger partial charge in [-0.2, -0.15) is 0 Å². The Morgan fingerprint density at radius 3 is 2.56 bits per heavy atom. The number of guanidine groups is 1. The highest BCUT2D eigenvalue weighted by atomic mass is 127. The summed E-state index contributed by atoms with van der Waals surface area (Å²) in [5.74, 6) is 0.808. The molecule has 1 fully saturated rings. The van der Waals surface area contributed by atoms with Gasteiger partial charge in [-0.3, -0.25) is 14.7 Å². The van der Waals surface area contributed by atoms with E-state index in [1.807, 2.05) is 6.92 Å². The second-order valence-electron chi connectivity index (χ2n) is 6.30. The minimum atomic E-state index is -0.0745. The molecular formula is C18H37IN4O2. The van der Waals surface area contributed by atoms with Crippen molar-refractivity contribution in [3.05, 3.63) is 0 Å². The van der Waals surface area contributed by atoms with Gasteiger partial charge < -0.3 is 15.0 Å². The molecule has 1 heterocycles. The Morgan fingerprint density at radius 1 is 1.32 bits per heavy atom. The first-order valence-electron chi connectivity index (χ1n) is 9.51. The summed E-state index contributed by atoms with van der Waals surface area (Å²) in [6, 6.07) is 0.416. The molecule has 0 saturated carbocycles. The summed E-state index contributed by atoms with van der Waals surface area (Å²) < 4.78 is 5.20. The Kier molecular flexibility index (Phi) is 13.3. The fourth-order valence-corrected chi connectivity index (χ4v) is 3.23. The molecule has 0 aliphatic carbocycles. The van der Waals surface area contributed by atoms with Crippen molar-refractivity contribution >= 4 is 35.9 Å². The first kappa shape index (κ1) is 24.4. The Hall–Kier alpha value is -0.570. The van der Waals surface area contributed by atoms with Crippen molar-refractivity contribution < 1.29 is 9.53 Å². The van der Waals surface area contributed by atoms with Crippen LogP contribution in [0.25, 0.3) is 0 Å². The number of hydrogen-bond donors (Lipinski definition) is 1. The second kappa shape index (κ2) is 13.6. The zero-order chi connectivity index (χ0) is 17.9. The maximum Gasteiger partial charge on any atom is 0.310 e. The number of likely N-dealkylation sites (tertiary alicyclic amines) is 1. The third kappa shape index (κ3) is 8.11. The van der Waals surface area contributed by atoms with Gasteiger partial charge in [-0.05, 0) is 46.7 Å². The van der Waals surface area contributed by atoms with E-state index in [4.69, 9.17) is 9.73 Å². The number of piperidine rings is 1. The Balaban J connectivity index is 0.00000576. The molecule has 2 unspecified atom stereocenters. The Morgan fingerprint density at radius 2 is 2.00 bits per heavy atom. The average Bonchev–Trinajstić information content (AvgIpc) is 2.60. The number of rotatable bonds is 8. The summed E-state index contributed by atoms with van der Waals surface area (Å²) in [5, 5.41) is 3.38. The predicted octanol–water partition coefficient (Wildman–Crippen LogP) is 2.58. The van der Waals surface area contributed by atoms with Crippen LogP contribution in [0.1, 0.15) is 47.5 Å². The van der Waals surface area contributed by atoms with Gasteiger partial charge in [-0.15, -0.1) is 24.0 Å². The standard InChI is InChI=1S/C18H36N4O2.HI/c1-6-19-18(20-13-15(5)21(7-2)8-3)22-12-10-11-16(14-22)17(23)24-9-4;/h15-16H,6-14H2,1-5H3,(H,19,20);1H. The molecule has 0 bridgehead atoms. The van der Waals surface area contributed by atoms with E-state index >= 15 is 0 Å². The van der Waals surface area contributed by atoms with Gasteiger partial charge >= 0.3 is 5.97 Å². The van der Waals surface area contributed by atoms with Crippen molar-refractivity contribution in [2.75, 3.05) is 45.9 Å². The van der Waals surface area contributed by atoms with Crippen LogP contribution in [0.4, 0.5) is 0 Å². The summed E-state index contributed by atoms with van der Waals surface area (Å²) in [6.07, 6.45) is 1.91. The van der Waals surface area contributed by atoms with Crippen LogP contribution < -0.4 is 5.32 Å². The number of ether oxygens (including phenoxy) is 1. The average molecular weight is 468 g/mol. The van der Waals surface area contributed by atoms with Crippen LogP contribution in [0.3, 0.4) is 0 Å². The third-order valence-electron chi connectivity index (χ3n) is 4.62. The minimum Gasteiger partial charge on any atom is -0.466 e. The number of halogens is 1. The topological polar surface area (TPSA) is 57.2 Å². The number of esters is 1. The smallest absolute Gasteiger partial charge is 0.310 e. The number of carbonyl (C=O) groups excluding carboxylic acids is 1. The van der Waals surface area contributed by atoms with Crippen LogP contribution in [0.5, 0.6) is 0 Å². The SMILES string of the molecule is CCNC(=NCC(C)N(CC)CC)N1CCCC(C(=O)OCC)C1.I. The van der Waals surface area contributed by atoms with Gasteiger partial charge in [0.15, 0.2) is 5.96 Å². The second-order valence-corrected chi connectivity index (χ2v) is 6.30. The molecule has 0 radical (unpaired) electrons.